The summed E-state index contributed by atoms with van der Waals surface area (Å²) in [5.41, 5.74) is 0.502. The Morgan fingerprint density at radius 2 is 1.79 bits per heavy atom. The monoisotopic (exact) mass is 266 g/mol. The van der Waals surface area contributed by atoms with Gasteiger partial charge in [0.15, 0.2) is 0 Å². The Morgan fingerprint density at radius 3 is 2.47 bits per heavy atom. The standard InChI is InChI=1S/C17H34N2/c1-4-17(5-2,13-18-6-3)14-19-12-11-15-9-7-8-10-16(15)19/h15-16,18H,4-14H2,1-3H3. The van der Waals surface area contributed by atoms with Crippen LogP contribution in [0, 0.1) is 11.3 Å². The zero-order valence-electron chi connectivity index (χ0n) is 13.4. The zero-order valence-corrected chi connectivity index (χ0v) is 13.4. The lowest BCUT2D eigenvalue weighted by atomic mass is 9.80. The predicted molar refractivity (Wildman–Crippen MR) is 83.5 cm³/mol. The van der Waals surface area contributed by atoms with Crippen LogP contribution in [0.2, 0.25) is 0 Å². The number of hydrogen-bond donors (Lipinski definition) is 1. The van der Waals surface area contributed by atoms with Crippen LogP contribution in [-0.2, 0) is 0 Å². The predicted octanol–water partition coefficient (Wildman–Crippen LogP) is 3.67. The van der Waals surface area contributed by atoms with E-state index in [9.17, 15) is 0 Å². The number of rotatable bonds is 7. The Kier molecular flexibility index (Phi) is 5.70. The van der Waals surface area contributed by atoms with Gasteiger partial charge in [0, 0.05) is 19.1 Å². The van der Waals surface area contributed by atoms with E-state index < -0.39 is 0 Å². The molecule has 1 aliphatic carbocycles. The van der Waals surface area contributed by atoms with Gasteiger partial charge in [-0.3, -0.25) is 4.90 Å². The molecule has 0 aromatic heterocycles. The smallest absolute Gasteiger partial charge is 0.0124 e. The van der Waals surface area contributed by atoms with Crippen molar-refractivity contribution in [3.05, 3.63) is 0 Å². The maximum Gasteiger partial charge on any atom is 0.0124 e. The molecular formula is C17H34N2. The van der Waals surface area contributed by atoms with E-state index in [1.165, 1.54) is 64.6 Å². The van der Waals surface area contributed by atoms with Crippen molar-refractivity contribution in [2.45, 2.75) is 71.8 Å². The van der Waals surface area contributed by atoms with Gasteiger partial charge in [-0.25, -0.2) is 0 Å². The van der Waals surface area contributed by atoms with Crippen LogP contribution in [0.25, 0.3) is 0 Å². The molecule has 1 N–H and O–H groups in total. The van der Waals surface area contributed by atoms with Crippen LogP contribution in [0.15, 0.2) is 0 Å². The van der Waals surface area contributed by atoms with Crippen LogP contribution >= 0.6 is 0 Å². The molecular weight excluding hydrogens is 232 g/mol. The van der Waals surface area contributed by atoms with Gasteiger partial charge in [0.05, 0.1) is 0 Å². The summed E-state index contributed by atoms with van der Waals surface area (Å²) in [6.07, 6.45) is 10.0. The minimum Gasteiger partial charge on any atom is -0.316 e. The molecule has 19 heavy (non-hydrogen) atoms. The van der Waals surface area contributed by atoms with E-state index in [2.05, 4.69) is 31.0 Å². The maximum absolute atomic E-state index is 3.61. The Bertz CT molecular complexity index is 260. The SMILES string of the molecule is CCNCC(CC)(CC)CN1CCC2CCCCC21. The molecule has 112 valence electrons. The molecule has 0 aromatic rings. The van der Waals surface area contributed by atoms with E-state index >= 15 is 0 Å². The highest BCUT2D eigenvalue weighted by Gasteiger charge is 2.39. The minimum atomic E-state index is 0.502. The van der Waals surface area contributed by atoms with E-state index in [4.69, 9.17) is 0 Å². The molecule has 2 rings (SSSR count). The molecule has 0 spiro atoms. The van der Waals surface area contributed by atoms with E-state index in [1.54, 1.807) is 0 Å². The van der Waals surface area contributed by atoms with Crippen molar-refractivity contribution in [3.8, 4) is 0 Å². The van der Waals surface area contributed by atoms with Crippen LogP contribution in [0.3, 0.4) is 0 Å². The van der Waals surface area contributed by atoms with Crippen LogP contribution in [0.1, 0.15) is 65.7 Å². The molecule has 1 aliphatic heterocycles. The second-order valence-electron chi connectivity index (χ2n) is 6.86. The maximum atomic E-state index is 3.61. The first kappa shape index (κ1) is 15.3. The van der Waals surface area contributed by atoms with Gasteiger partial charge < -0.3 is 5.32 Å². The third kappa shape index (κ3) is 3.52. The summed E-state index contributed by atoms with van der Waals surface area (Å²) in [6.45, 7) is 12.0. The lowest BCUT2D eigenvalue weighted by molar-refractivity contribution is 0.101. The Hall–Kier alpha value is -0.0800. The van der Waals surface area contributed by atoms with Crippen molar-refractivity contribution < 1.29 is 0 Å². The van der Waals surface area contributed by atoms with Crippen molar-refractivity contribution in [2.75, 3.05) is 26.2 Å². The van der Waals surface area contributed by atoms with Gasteiger partial charge in [0.25, 0.3) is 0 Å². The average molecular weight is 266 g/mol. The van der Waals surface area contributed by atoms with Crippen molar-refractivity contribution in [1.29, 1.82) is 0 Å². The molecule has 0 radical (unpaired) electrons. The first-order valence-electron chi connectivity index (χ1n) is 8.69. The number of hydrogen-bond acceptors (Lipinski definition) is 2. The summed E-state index contributed by atoms with van der Waals surface area (Å²) in [7, 11) is 0. The molecule has 0 bridgehead atoms. The molecule has 1 saturated carbocycles. The molecule has 2 atom stereocenters. The molecule has 2 fully saturated rings. The third-order valence-corrected chi connectivity index (χ3v) is 5.91. The number of nitrogens with one attached hydrogen (secondary N) is 1. The lowest BCUT2D eigenvalue weighted by Crippen LogP contribution is -2.46. The number of fused-ring (bicyclic) bond motifs is 1. The minimum absolute atomic E-state index is 0.502. The summed E-state index contributed by atoms with van der Waals surface area (Å²) >= 11 is 0. The lowest BCUT2D eigenvalue weighted by Gasteiger charge is -2.40. The Balaban J connectivity index is 1.96. The molecule has 2 heteroatoms. The van der Waals surface area contributed by atoms with E-state index in [1.807, 2.05) is 0 Å². The Labute approximate surface area is 120 Å². The van der Waals surface area contributed by atoms with Crippen LogP contribution in [0.4, 0.5) is 0 Å². The normalized spacial score (nSPS) is 28.6. The highest BCUT2D eigenvalue weighted by atomic mass is 15.2. The summed E-state index contributed by atoms with van der Waals surface area (Å²) < 4.78 is 0. The number of nitrogens with zero attached hydrogens (tertiary/aromatic N) is 1. The highest BCUT2D eigenvalue weighted by Crippen LogP contribution is 2.39. The van der Waals surface area contributed by atoms with Gasteiger partial charge in [-0.2, -0.15) is 0 Å². The summed E-state index contributed by atoms with van der Waals surface area (Å²) in [4.78, 5) is 2.86. The van der Waals surface area contributed by atoms with E-state index in [0.717, 1.165) is 18.5 Å². The highest BCUT2D eigenvalue weighted by molar-refractivity contribution is 4.93. The van der Waals surface area contributed by atoms with Gasteiger partial charge >= 0.3 is 0 Å². The largest absolute Gasteiger partial charge is 0.316 e. The molecule has 0 aromatic carbocycles. The fourth-order valence-corrected chi connectivity index (χ4v) is 4.30. The second-order valence-corrected chi connectivity index (χ2v) is 6.86. The van der Waals surface area contributed by atoms with Gasteiger partial charge in [0.1, 0.15) is 0 Å². The average Bonchev–Trinajstić information content (AvgIpc) is 2.87. The fourth-order valence-electron chi connectivity index (χ4n) is 4.30. The second kappa shape index (κ2) is 7.08. The Morgan fingerprint density at radius 1 is 1.05 bits per heavy atom. The van der Waals surface area contributed by atoms with Crippen LogP contribution < -0.4 is 5.32 Å². The van der Waals surface area contributed by atoms with Gasteiger partial charge in [-0.1, -0.05) is 33.6 Å². The zero-order chi connectivity index (χ0) is 13.7. The van der Waals surface area contributed by atoms with Crippen molar-refractivity contribution in [1.82, 2.24) is 10.2 Å². The molecule has 1 saturated heterocycles. The third-order valence-electron chi connectivity index (χ3n) is 5.91. The summed E-state index contributed by atoms with van der Waals surface area (Å²) in [6, 6.07) is 0.924. The van der Waals surface area contributed by atoms with E-state index in [-0.39, 0.29) is 0 Å². The number of likely N-dealkylation sites (tertiary alicyclic amines) is 1. The molecule has 2 unspecified atom stereocenters. The van der Waals surface area contributed by atoms with Crippen molar-refractivity contribution in [3.63, 3.8) is 0 Å². The van der Waals surface area contributed by atoms with Crippen LogP contribution in [0.5, 0.6) is 0 Å². The van der Waals surface area contributed by atoms with E-state index in [0.29, 0.717) is 5.41 Å². The van der Waals surface area contributed by atoms with Gasteiger partial charge in [0.2, 0.25) is 0 Å². The molecule has 1 heterocycles. The molecule has 0 amide bonds. The molecule has 2 nitrogen and oxygen atoms in total. The van der Waals surface area contributed by atoms with Crippen molar-refractivity contribution in [2.24, 2.45) is 11.3 Å². The summed E-state index contributed by atoms with van der Waals surface area (Å²) in [5, 5.41) is 3.61. The first-order valence-corrected chi connectivity index (χ1v) is 8.69. The fraction of sp³-hybridized carbons (Fsp3) is 1.00. The molecule has 2 aliphatic rings. The van der Waals surface area contributed by atoms with Gasteiger partial charge in [-0.15, -0.1) is 0 Å². The van der Waals surface area contributed by atoms with Crippen molar-refractivity contribution >= 4 is 0 Å². The first-order chi connectivity index (χ1) is 9.24. The quantitative estimate of drug-likeness (QED) is 0.756. The topological polar surface area (TPSA) is 15.3 Å². The van der Waals surface area contributed by atoms with Gasteiger partial charge in [-0.05, 0) is 56.5 Å². The summed E-state index contributed by atoms with van der Waals surface area (Å²) in [5.74, 6) is 1.03. The van der Waals surface area contributed by atoms with Crippen LogP contribution in [-0.4, -0.2) is 37.1 Å².